The van der Waals surface area contributed by atoms with Crippen LogP contribution in [0, 0.1) is 0 Å². The second kappa shape index (κ2) is 19.5. The van der Waals surface area contributed by atoms with Crippen LogP contribution in [0.4, 0.5) is 11.4 Å². The summed E-state index contributed by atoms with van der Waals surface area (Å²) in [6.07, 6.45) is 3.08. The van der Waals surface area contributed by atoms with Gasteiger partial charge in [0.25, 0.3) is 17.4 Å². The van der Waals surface area contributed by atoms with Gasteiger partial charge in [-0.2, -0.15) is 5.10 Å². The molecule has 1 aromatic heterocycles. The Kier molecular flexibility index (Phi) is 14.2. The van der Waals surface area contributed by atoms with Crippen molar-refractivity contribution >= 4 is 50.9 Å². The van der Waals surface area contributed by atoms with Gasteiger partial charge in [0, 0.05) is 74.6 Å². The molecule has 0 spiro atoms. The van der Waals surface area contributed by atoms with Crippen molar-refractivity contribution in [2.45, 2.75) is 43.8 Å². The van der Waals surface area contributed by atoms with Crippen molar-refractivity contribution in [3.63, 3.8) is 0 Å². The van der Waals surface area contributed by atoms with E-state index in [1.165, 1.54) is 9.58 Å². The molecule has 4 heterocycles. The molecule has 3 aromatic rings. The van der Waals surface area contributed by atoms with Gasteiger partial charge < -0.3 is 40.0 Å². The van der Waals surface area contributed by atoms with Gasteiger partial charge in [-0.1, -0.05) is 18.2 Å². The van der Waals surface area contributed by atoms with Crippen molar-refractivity contribution in [3.05, 3.63) is 85.7 Å². The molecule has 0 aliphatic carbocycles. The SMILES string of the molecule is CN1C[C@@H](Nc2cnn(C)c(=O)c2Br)C[C@@H](c2ccc(C(=O)NCCOCCOCCOCCNc3cccc4c3CN(C3CCC(=O)NC3=O)C4=O)cc2)C1. The predicted molar refractivity (Wildman–Crippen MR) is 212 cm³/mol. The third-order valence-electron chi connectivity index (χ3n) is 10.1. The van der Waals surface area contributed by atoms with E-state index in [1.54, 1.807) is 25.4 Å². The van der Waals surface area contributed by atoms with Crippen molar-refractivity contribution in [3.8, 4) is 0 Å². The number of fused-ring (bicyclic) bond motifs is 1. The number of hydrogen-bond donors (Lipinski definition) is 4. The predicted octanol–water partition coefficient (Wildman–Crippen LogP) is 2.10. The van der Waals surface area contributed by atoms with Crippen molar-refractivity contribution in [1.82, 2.24) is 30.2 Å². The smallest absolute Gasteiger partial charge is 0.282 e. The number of aromatic nitrogens is 2. The van der Waals surface area contributed by atoms with Crippen LogP contribution < -0.4 is 26.8 Å². The van der Waals surface area contributed by atoms with E-state index in [2.05, 4.69) is 54.2 Å². The first kappa shape index (κ1) is 41.0. The average molecular weight is 838 g/mol. The van der Waals surface area contributed by atoms with E-state index in [0.717, 1.165) is 36.3 Å². The molecule has 3 atom stereocenters. The normalized spacial score (nSPS) is 19.8. The number of benzene rings is 2. The van der Waals surface area contributed by atoms with E-state index in [4.69, 9.17) is 14.2 Å². The summed E-state index contributed by atoms with van der Waals surface area (Å²) in [7, 11) is 3.70. The Morgan fingerprint density at radius 1 is 0.911 bits per heavy atom. The number of nitrogens with one attached hydrogen (secondary N) is 4. The van der Waals surface area contributed by atoms with E-state index in [9.17, 15) is 24.0 Å². The fourth-order valence-electron chi connectivity index (χ4n) is 7.29. The van der Waals surface area contributed by atoms with Crippen LogP contribution >= 0.6 is 15.9 Å². The van der Waals surface area contributed by atoms with Gasteiger partial charge in [0.15, 0.2) is 0 Å². The fourth-order valence-corrected chi connectivity index (χ4v) is 7.77. The summed E-state index contributed by atoms with van der Waals surface area (Å²) in [5.41, 5.74) is 4.43. The van der Waals surface area contributed by atoms with Crippen molar-refractivity contribution in [2.75, 3.05) is 83.5 Å². The number of nitrogens with zero attached hydrogens (tertiary/aromatic N) is 4. The topological polar surface area (TPSA) is 185 Å². The monoisotopic (exact) mass is 836 g/mol. The lowest BCUT2D eigenvalue weighted by molar-refractivity contribution is -0.136. The molecule has 300 valence electrons. The minimum absolute atomic E-state index is 0.126. The lowest BCUT2D eigenvalue weighted by atomic mass is 9.87. The molecule has 56 heavy (non-hydrogen) atoms. The lowest BCUT2D eigenvalue weighted by Crippen LogP contribution is -2.52. The number of amides is 4. The van der Waals surface area contributed by atoms with Gasteiger partial charge in [-0.05, 0) is 71.6 Å². The van der Waals surface area contributed by atoms with Gasteiger partial charge in [-0.25, -0.2) is 4.68 Å². The zero-order valence-electron chi connectivity index (χ0n) is 31.7. The maximum absolute atomic E-state index is 13.0. The molecule has 17 heteroatoms. The summed E-state index contributed by atoms with van der Waals surface area (Å²) in [4.78, 5) is 65.7. The highest BCUT2D eigenvalue weighted by Gasteiger charge is 2.39. The van der Waals surface area contributed by atoms with Crippen LogP contribution in [0.15, 0.2) is 57.9 Å². The molecule has 0 bridgehead atoms. The minimum Gasteiger partial charge on any atom is -0.382 e. The highest BCUT2D eigenvalue weighted by molar-refractivity contribution is 9.10. The molecule has 6 rings (SSSR count). The van der Waals surface area contributed by atoms with E-state index in [-0.39, 0.29) is 41.7 Å². The van der Waals surface area contributed by atoms with Crippen molar-refractivity contribution in [1.29, 1.82) is 0 Å². The molecule has 0 saturated carbocycles. The van der Waals surface area contributed by atoms with Crippen molar-refractivity contribution in [2.24, 2.45) is 7.05 Å². The number of piperidine rings is 2. The maximum atomic E-state index is 13.0. The van der Waals surface area contributed by atoms with Crippen LogP contribution in [0.5, 0.6) is 0 Å². The van der Waals surface area contributed by atoms with Crippen LogP contribution in [0.3, 0.4) is 0 Å². The number of aryl methyl sites for hydroxylation is 1. The molecule has 3 aliphatic heterocycles. The number of anilines is 2. The average Bonchev–Trinajstić information content (AvgIpc) is 3.52. The summed E-state index contributed by atoms with van der Waals surface area (Å²) >= 11 is 3.40. The molecule has 16 nitrogen and oxygen atoms in total. The molecule has 4 N–H and O–H groups in total. The van der Waals surface area contributed by atoms with Gasteiger partial charge in [0.2, 0.25) is 11.8 Å². The molecule has 2 saturated heterocycles. The third-order valence-corrected chi connectivity index (χ3v) is 10.9. The van der Waals surface area contributed by atoms with E-state index in [1.807, 2.05) is 30.3 Å². The molecule has 0 radical (unpaired) electrons. The number of likely N-dealkylation sites (N-methyl/N-ethyl adjacent to an activating group) is 1. The molecule has 2 aromatic carbocycles. The summed E-state index contributed by atoms with van der Waals surface area (Å²) in [5.74, 6) is -0.844. The first-order valence-electron chi connectivity index (χ1n) is 18.9. The summed E-state index contributed by atoms with van der Waals surface area (Å²) in [6, 6.07) is 12.7. The van der Waals surface area contributed by atoms with Gasteiger partial charge >= 0.3 is 0 Å². The third kappa shape index (κ3) is 10.4. The van der Waals surface area contributed by atoms with Crippen LogP contribution in [-0.2, 0) is 37.4 Å². The van der Waals surface area contributed by atoms with Gasteiger partial charge in [0.05, 0.1) is 51.5 Å². The van der Waals surface area contributed by atoms with Crippen LogP contribution in [0.2, 0.25) is 0 Å². The molecule has 3 aliphatic rings. The van der Waals surface area contributed by atoms with E-state index in [0.29, 0.717) is 87.0 Å². The van der Waals surface area contributed by atoms with Gasteiger partial charge in [-0.3, -0.25) is 29.3 Å². The zero-order chi connectivity index (χ0) is 39.6. The number of carbonyl (C=O) groups is 4. The van der Waals surface area contributed by atoms with Gasteiger partial charge in [-0.15, -0.1) is 0 Å². The lowest BCUT2D eigenvalue weighted by Gasteiger charge is -2.37. The summed E-state index contributed by atoms with van der Waals surface area (Å²) in [6.45, 7) is 5.32. The Hall–Kier alpha value is -4.68. The maximum Gasteiger partial charge on any atom is 0.282 e. The summed E-state index contributed by atoms with van der Waals surface area (Å²) < 4.78 is 18.6. The Morgan fingerprint density at radius 2 is 1.62 bits per heavy atom. The Bertz CT molecular complexity index is 1940. The second-order valence-electron chi connectivity index (χ2n) is 14.2. The Balaban J connectivity index is 0.802. The van der Waals surface area contributed by atoms with E-state index < -0.39 is 11.9 Å². The minimum atomic E-state index is -0.651. The van der Waals surface area contributed by atoms with Crippen molar-refractivity contribution < 1.29 is 33.4 Å². The molecule has 2 fully saturated rings. The number of likely N-dealkylation sites (tertiary alicyclic amines) is 1. The number of ether oxygens (including phenoxy) is 3. The highest BCUT2D eigenvalue weighted by atomic mass is 79.9. The molecular weight excluding hydrogens is 788 g/mol. The molecule has 1 unspecified atom stereocenters. The number of imide groups is 1. The van der Waals surface area contributed by atoms with Crippen LogP contribution in [-0.4, -0.2) is 128 Å². The van der Waals surface area contributed by atoms with Crippen LogP contribution in [0.25, 0.3) is 0 Å². The van der Waals surface area contributed by atoms with Crippen LogP contribution in [0.1, 0.15) is 57.0 Å². The second-order valence-corrected chi connectivity index (χ2v) is 15.0. The molecule has 4 amide bonds. The molecular formula is C39H49BrN8O8. The quantitative estimate of drug-likeness (QED) is 0.108. The van der Waals surface area contributed by atoms with E-state index >= 15 is 0 Å². The van der Waals surface area contributed by atoms with Gasteiger partial charge in [0.1, 0.15) is 10.5 Å². The Labute approximate surface area is 333 Å². The zero-order valence-corrected chi connectivity index (χ0v) is 33.3. The standard InChI is InChI=1S/C39H49BrN8O8/c1-46-22-27(20-28(23-46)44-32-21-43-47(2)39(53)35(32)40)25-6-8-26(9-7-25)36(50)42-13-15-55-17-19-56-18-16-54-14-12-41-31-5-3-4-29-30(31)24-48(38(29)52)33-10-11-34(49)45-37(33)51/h3-9,21,27-28,33,41,44H,10-20,22-24H2,1-2H3,(H,42,50)(H,45,49,51)/t27-,28+,33?/m1/s1. The largest absolute Gasteiger partial charge is 0.382 e. The number of halogens is 1. The number of hydrogen-bond acceptors (Lipinski definition) is 12. The first-order chi connectivity index (χ1) is 27.1. The number of carbonyl (C=O) groups excluding carboxylic acids is 4. The number of rotatable bonds is 18. The Morgan fingerprint density at radius 3 is 2.36 bits per heavy atom. The highest BCUT2D eigenvalue weighted by Crippen LogP contribution is 2.32. The summed E-state index contributed by atoms with van der Waals surface area (Å²) in [5, 5.41) is 16.2. The fraction of sp³-hybridized carbons (Fsp3) is 0.487. The first-order valence-corrected chi connectivity index (χ1v) is 19.7.